The van der Waals surface area contributed by atoms with Crippen molar-refractivity contribution in [3.8, 4) is 5.75 Å². The predicted octanol–water partition coefficient (Wildman–Crippen LogP) is 3.42. The second kappa shape index (κ2) is 5.97. The van der Waals surface area contributed by atoms with E-state index in [0.29, 0.717) is 0 Å². The van der Waals surface area contributed by atoms with Gasteiger partial charge >= 0.3 is 0 Å². The van der Waals surface area contributed by atoms with E-state index in [1.807, 2.05) is 36.4 Å². The SMILES string of the molecule is COc1ccc(CNC(C)c2nc3ccccc3[nH]2)cc1. The molecular formula is C17H19N3O. The highest BCUT2D eigenvalue weighted by Gasteiger charge is 2.09. The third-order valence-corrected chi connectivity index (χ3v) is 3.59. The van der Waals surface area contributed by atoms with E-state index < -0.39 is 0 Å². The fraction of sp³-hybridized carbons (Fsp3) is 0.235. The minimum atomic E-state index is 0.166. The first kappa shape index (κ1) is 13.6. The maximum absolute atomic E-state index is 5.16. The van der Waals surface area contributed by atoms with Gasteiger partial charge in [-0.2, -0.15) is 0 Å². The second-order valence-electron chi connectivity index (χ2n) is 5.09. The van der Waals surface area contributed by atoms with Gasteiger partial charge in [-0.3, -0.25) is 0 Å². The number of hydrogen-bond donors (Lipinski definition) is 2. The van der Waals surface area contributed by atoms with Crippen LogP contribution in [0.5, 0.6) is 5.75 Å². The van der Waals surface area contributed by atoms with Gasteiger partial charge in [0.05, 0.1) is 24.2 Å². The molecule has 0 fully saturated rings. The average molecular weight is 281 g/mol. The molecule has 1 unspecified atom stereocenters. The highest BCUT2D eigenvalue weighted by molar-refractivity contribution is 5.74. The molecule has 21 heavy (non-hydrogen) atoms. The van der Waals surface area contributed by atoms with Gasteiger partial charge in [0, 0.05) is 6.54 Å². The first-order valence-corrected chi connectivity index (χ1v) is 7.07. The molecule has 0 aliphatic rings. The lowest BCUT2D eigenvalue weighted by Gasteiger charge is -2.11. The lowest BCUT2D eigenvalue weighted by molar-refractivity contribution is 0.414. The number of para-hydroxylation sites is 2. The number of fused-ring (bicyclic) bond motifs is 1. The van der Waals surface area contributed by atoms with Crippen LogP contribution in [0.4, 0.5) is 0 Å². The summed E-state index contributed by atoms with van der Waals surface area (Å²) in [5.74, 6) is 1.84. The van der Waals surface area contributed by atoms with Crippen LogP contribution in [0.1, 0.15) is 24.4 Å². The Labute approximate surface area is 124 Å². The van der Waals surface area contributed by atoms with Crippen LogP contribution in [0.25, 0.3) is 11.0 Å². The molecule has 4 heteroatoms. The maximum atomic E-state index is 5.16. The molecule has 2 aromatic carbocycles. The third-order valence-electron chi connectivity index (χ3n) is 3.59. The Morgan fingerprint density at radius 3 is 2.62 bits per heavy atom. The number of ether oxygens (including phenoxy) is 1. The van der Waals surface area contributed by atoms with Gasteiger partial charge in [0.25, 0.3) is 0 Å². The Morgan fingerprint density at radius 1 is 1.14 bits per heavy atom. The summed E-state index contributed by atoms with van der Waals surface area (Å²) in [5.41, 5.74) is 3.30. The number of hydrogen-bond acceptors (Lipinski definition) is 3. The van der Waals surface area contributed by atoms with Gasteiger partial charge in [-0.15, -0.1) is 0 Å². The molecule has 108 valence electrons. The summed E-state index contributed by atoms with van der Waals surface area (Å²) in [5, 5.41) is 3.48. The minimum Gasteiger partial charge on any atom is -0.497 e. The number of aromatic amines is 1. The summed E-state index contributed by atoms with van der Waals surface area (Å²) in [4.78, 5) is 7.97. The number of benzene rings is 2. The zero-order valence-electron chi connectivity index (χ0n) is 12.3. The normalized spacial score (nSPS) is 12.5. The summed E-state index contributed by atoms with van der Waals surface area (Å²) >= 11 is 0. The zero-order chi connectivity index (χ0) is 14.7. The standard InChI is InChI=1S/C17H19N3O/c1-12(17-19-15-5-3-4-6-16(15)20-17)18-11-13-7-9-14(21-2)10-8-13/h3-10,12,18H,11H2,1-2H3,(H,19,20). The molecule has 0 bridgehead atoms. The molecule has 2 N–H and O–H groups in total. The van der Waals surface area contributed by atoms with Gasteiger partial charge in [-0.05, 0) is 36.8 Å². The molecule has 1 aromatic heterocycles. The van der Waals surface area contributed by atoms with Gasteiger partial charge < -0.3 is 15.0 Å². The van der Waals surface area contributed by atoms with Crippen molar-refractivity contribution in [3.05, 3.63) is 59.9 Å². The molecule has 0 aliphatic carbocycles. The van der Waals surface area contributed by atoms with Crippen molar-refractivity contribution in [3.63, 3.8) is 0 Å². The number of imidazole rings is 1. The Bertz CT molecular complexity index is 685. The minimum absolute atomic E-state index is 0.166. The van der Waals surface area contributed by atoms with Crippen molar-refractivity contribution in [1.82, 2.24) is 15.3 Å². The topological polar surface area (TPSA) is 49.9 Å². The number of nitrogens with one attached hydrogen (secondary N) is 2. The van der Waals surface area contributed by atoms with Crippen molar-refractivity contribution in [1.29, 1.82) is 0 Å². The van der Waals surface area contributed by atoms with E-state index in [1.165, 1.54) is 5.56 Å². The van der Waals surface area contributed by atoms with Crippen LogP contribution in [-0.4, -0.2) is 17.1 Å². The summed E-state index contributed by atoms with van der Waals surface area (Å²) in [6.45, 7) is 2.91. The molecule has 0 spiro atoms. The first-order chi connectivity index (χ1) is 10.3. The molecule has 0 saturated heterocycles. The molecule has 1 atom stereocenters. The molecule has 1 heterocycles. The molecule has 0 amide bonds. The van der Waals surface area contributed by atoms with E-state index in [9.17, 15) is 0 Å². The molecule has 3 rings (SSSR count). The summed E-state index contributed by atoms with van der Waals surface area (Å²) in [7, 11) is 1.68. The molecule has 4 nitrogen and oxygen atoms in total. The zero-order valence-corrected chi connectivity index (χ0v) is 12.3. The van der Waals surface area contributed by atoms with E-state index in [0.717, 1.165) is 29.2 Å². The highest BCUT2D eigenvalue weighted by atomic mass is 16.5. The van der Waals surface area contributed by atoms with Crippen LogP contribution in [-0.2, 0) is 6.54 Å². The highest BCUT2D eigenvalue weighted by Crippen LogP contribution is 2.16. The van der Waals surface area contributed by atoms with Crippen molar-refractivity contribution >= 4 is 11.0 Å². The Kier molecular flexibility index (Phi) is 3.88. The Morgan fingerprint density at radius 2 is 1.90 bits per heavy atom. The van der Waals surface area contributed by atoms with Crippen molar-refractivity contribution < 1.29 is 4.74 Å². The number of H-pyrrole nitrogens is 1. The molecule has 0 saturated carbocycles. The van der Waals surface area contributed by atoms with E-state index in [2.05, 4.69) is 34.3 Å². The van der Waals surface area contributed by atoms with Gasteiger partial charge in [0.15, 0.2) is 0 Å². The van der Waals surface area contributed by atoms with Gasteiger partial charge in [0.2, 0.25) is 0 Å². The Balaban J connectivity index is 1.66. The van der Waals surface area contributed by atoms with E-state index in [1.54, 1.807) is 7.11 Å². The number of nitrogens with zero attached hydrogens (tertiary/aromatic N) is 1. The van der Waals surface area contributed by atoms with Crippen LogP contribution in [0.15, 0.2) is 48.5 Å². The van der Waals surface area contributed by atoms with Crippen LogP contribution < -0.4 is 10.1 Å². The number of aromatic nitrogens is 2. The van der Waals surface area contributed by atoms with Crippen LogP contribution in [0.2, 0.25) is 0 Å². The predicted molar refractivity (Wildman–Crippen MR) is 84.3 cm³/mol. The van der Waals surface area contributed by atoms with Crippen LogP contribution >= 0.6 is 0 Å². The molecule has 0 radical (unpaired) electrons. The largest absolute Gasteiger partial charge is 0.497 e. The number of methoxy groups -OCH3 is 1. The fourth-order valence-electron chi connectivity index (χ4n) is 2.29. The van der Waals surface area contributed by atoms with Crippen LogP contribution in [0.3, 0.4) is 0 Å². The van der Waals surface area contributed by atoms with E-state index in [-0.39, 0.29) is 6.04 Å². The van der Waals surface area contributed by atoms with E-state index in [4.69, 9.17) is 4.74 Å². The summed E-state index contributed by atoms with van der Waals surface area (Å²) in [6.07, 6.45) is 0. The maximum Gasteiger partial charge on any atom is 0.124 e. The second-order valence-corrected chi connectivity index (χ2v) is 5.09. The molecular weight excluding hydrogens is 262 g/mol. The van der Waals surface area contributed by atoms with Crippen molar-refractivity contribution in [2.24, 2.45) is 0 Å². The van der Waals surface area contributed by atoms with Crippen molar-refractivity contribution in [2.75, 3.05) is 7.11 Å². The van der Waals surface area contributed by atoms with Gasteiger partial charge in [-0.1, -0.05) is 24.3 Å². The monoisotopic (exact) mass is 281 g/mol. The van der Waals surface area contributed by atoms with Gasteiger partial charge in [-0.25, -0.2) is 4.98 Å². The van der Waals surface area contributed by atoms with Crippen LogP contribution in [0, 0.1) is 0 Å². The third kappa shape index (κ3) is 3.06. The molecule has 3 aromatic rings. The van der Waals surface area contributed by atoms with Crippen molar-refractivity contribution in [2.45, 2.75) is 19.5 Å². The lowest BCUT2D eigenvalue weighted by Crippen LogP contribution is -2.19. The number of rotatable bonds is 5. The summed E-state index contributed by atoms with van der Waals surface area (Å²) in [6, 6.07) is 16.3. The lowest BCUT2D eigenvalue weighted by atomic mass is 10.2. The summed E-state index contributed by atoms with van der Waals surface area (Å²) < 4.78 is 5.16. The average Bonchev–Trinajstić information content (AvgIpc) is 2.97. The van der Waals surface area contributed by atoms with E-state index >= 15 is 0 Å². The Hall–Kier alpha value is -2.33. The first-order valence-electron chi connectivity index (χ1n) is 7.07. The smallest absolute Gasteiger partial charge is 0.124 e. The molecule has 0 aliphatic heterocycles. The van der Waals surface area contributed by atoms with Gasteiger partial charge in [0.1, 0.15) is 11.6 Å². The quantitative estimate of drug-likeness (QED) is 0.753. The fourth-order valence-corrected chi connectivity index (χ4v) is 2.29.